The molecule has 0 fully saturated rings. The van der Waals surface area contributed by atoms with E-state index >= 15 is 0 Å². The van der Waals surface area contributed by atoms with Crippen molar-refractivity contribution in [3.63, 3.8) is 0 Å². The number of benzene rings is 12. The van der Waals surface area contributed by atoms with Gasteiger partial charge in [0.1, 0.15) is 0 Å². The first-order chi connectivity index (χ1) is 38.4. The van der Waals surface area contributed by atoms with Crippen molar-refractivity contribution >= 4 is 108 Å². The second-order valence-electron chi connectivity index (χ2n) is 21.4. The molecule has 14 aromatic rings. The number of fused-ring (bicyclic) bond motifs is 15. The number of hydrogen-bond donors (Lipinski definition) is 0. The van der Waals surface area contributed by atoms with Gasteiger partial charge in [0.05, 0.1) is 0 Å². The van der Waals surface area contributed by atoms with Crippen LogP contribution in [-0.2, 0) is 10.8 Å². The minimum absolute atomic E-state index is 0.249. The van der Waals surface area contributed by atoms with Gasteiger partial charge in [0.15, 0.2) is 0 Å². The van der Waals surface area contributed by atoms with Crippen LogP contribution < -0.4 is 9.80 Å². The maximum Gasteiger partial charge on any atom is 0.0476 e. The van der Waals surface area contributed by atoms with Gasteiger partial charge in [-0.05, 0) is 142 Å². The first-order valence-electron chi connectivity index (χ1n) is 27.0. The number of para-hydroxylation sites is 2. The lowest BCUT2D eigenvalue weighted by atomic mass is 9.74. The van der Waals surface area contributed by atoms with Gasteiger partial charge in [0, 0.05) is 96.1 Å². The van der Waals surface area contributed by atoms with Gasteiger partial charge in [0.2, 0.25) is 0 Å². The van der Waals surface area contributed by atoms with E-state index in [4.69, 9.17) is 0 Å². The molecular weight excluding hydrogens is 981 g/mol. The molecule has 368 valence electrons. The highest BCUT2D eigenvalue weighted by Crippen LogP contribution is 2.55. The quantitative estimate of drug-likeness (QED) is 0.150. The topological polar surface area (TPSA) is 6.48 Å². The van der Waals surface area contributed by atoms with E-state index in [2.05, 4.69) is 291 Å². The maximum atomic E-state index is 2.41. The molecule has 2 aliphatic carbocycles. The molecule has 0 bridgehead atoms. The predicted octanol–water partition coefficient (Wildman–Crippen LogP) is 21.2. The molecule has 0 amide bonds. The molecule has 0 unspecified atom stereocenters. The summed E-state index contributed by atoms with van der Waals surface area (Å²) in [6, 6.07) is 99.4. The zero-order chi connectivity index (χ0) is 51.7. The predicted molar refractivity (Wildman–Crippen MR) is 334 cm³/mol. The third-order valence-corrected chi connectivity index (χ3v) is 19.8. The van der Waals surface area contributed by atoms with Crippen LogP contribution >= 0.6 is 22.7 Å². The molecule has 4 heteroatoms. The normalized spacial score (nSPS) is 13.7. The Balaban J connectivity index is 0.761. The molecule has 2 heterocycles. The molecule has 2 aliphatic rings. The number of thiophene rings is 2. The summed E-state index contributed by atoms with van der Waals surface area (Å²) in [6.07, 6.45) is 0. The number of rotatable bonds is 8. The fourth-order valence-corrected chi connectivity index (χ4v) is 16.1. The highest BCUT2D eigenvalue weighted by atomic mass is 32.1. The van der Waals surface area contributed by atoms with E-state index in [1.807, 2.05) is 22.7 Å². The Morgan fingerprint density at radius 1 is 0.256 bits per heavy atom. The summed E-state index contributed by atoms with van der Waals surface area (Å²) in [5, 5.41) is 7.80. The van der Waals surface area contributed by atoms with Gasteiger partial charge in [-0.25, -0.2) is 0 Å². The van der Waals surface area contributed by atoms with Crippen LogP contribution in [0.3, 0.4) is 0 Å². The van der Waals surface area contributed by atoms with Crippen LogP contribution in [0.15, 0.2) is 267 Å². The smallest absolute Gasteiger partial charge is 0.0476 e. The van der Waals surface area contributed by atoms with Gasteiger partial charge in [-0.1, -0.05) is 194 Å². The Bertz CT molecular complexity index is 4310. The Morgan fingerprint density at radius 3 is 0.872 bits per heavy atom. The molecule has 2 nitrogen and oxygen atoms in total. The second kappa shape index (κ2) is 17.2. The second-order valence-corrected chi connectivity index (χ2v) is 23.5. The van der Waals surface area contributed by atoms with Crippen molar-refractivity contribution < 1.29 is 0 Å². The first-order valence-corrected chi connectivity index (χ1v) is 28.6. The standard InChI is InChI=1S/C74H50N2S2/c1-73(65-25-13-9-21-55(65)56-22-10-14-26-66(56)73)47-29-33-51(34-30-47)75(49-17-5-3-6-18-49)53-37-39-59-61-41-43-64-63(71(61)77-69(59)45-53)44-42-62-60-40-38-54(46-70(60)78-72(62)64)76(50-19-7-4-8-20-50)52-35-31-48(32-36-52)74(2)67-27-15-11-23-57(67)58-24-12-16-28-68(58)74/h3-46H,1-2H3. The Labute approximate surface area is 462 Å². The average molecular weight is 1030 g/mol. The molecule has 78 heavy (non-hydrogen) atoms. The molecule has 0 N–H and O–H groups in total. The van der Waals surface area contributed by atoms with Gasteiger partial charge >= 0.3 is 0 Å². The van der Waals surface area contributed by atoms with Gasteiger partial charge in [-0.2, -0.15) is 0 Å². The van der Waals surface area contributed by atoms with E-state index in [1.165, 1.54) is 107 Å². The van der Waals surface area contributed by atoms with Crippen LogP contribution in [0.25, 0.3) is 73.4 Å². The summed E-state index contributed by atoms with van der Waals surface area (Å²) < 4.78 is 5.22. The van der Waals surface area contributed by atoms with Crippen molar-refractivity contribution in [1.82, 2.24) is 0 Å². The summed E-state index contributed by atoms with van der Waals surface area (Å²) in [4.78, 5) is 4.81. The van der Waals surface area contributed by atoms with Crippen LogP contribution in [0.4, 0.5) is 34.1 Å². The molecule has 0 aliphatic heterocycles. The van der Waals surface area contributed by atoms with E-state index < -0.39 is 0 Å². The molecule has 0 atom stereocenters. The van der Waals surface area contributed by atoms with Crippen molar-refractivity contribution in [2.75, 3.05) is 9.80 Å². The zero-order valence-electron chi connectivity index (χ0n) is 43.1. The van der Waals surface area contributed by atoms with E-state index in [0.29, 0.717) is 0 Å². The number of anilines is 6. The van der Waals surface area contributed by atoms with E-state index in [0.717, 1.165) is 34.1 Å². The fraction of sp³-hybridized carbons (Fsp3) is 0.0541. The zero-order valence-corrected chi connectivity index (χ0v) is 44.7. The minimum Gasteiger partial charge on any atom is -0.310 e. The minimum atomic E-state index is -0.249. The molecule has 0 saturated heterocycles. The summed E-state index contributed by atoms with van der Waals surface area (Å²) in [5.74, 6) is 0. The highest BCUT2D eigenvalue weighted by Gasteiger charge is 2.42. The van der Waals surface area contributed by atoms with E-state index in [-0.39, 0.29) is 10.8 Å². The Morgan fingerprint density at radius 2 is 0.526 bits per heavy atom. The summed E-state index contributed by atoms with van der Waals surface area (Å²) in [7, 11) is 0. The summed E-state index contributed by atoms with van der Waals surface area (Å²) in [6.45, 7) is 4.78. The third kappa shape index (κ3) is 6.54. The fourth-order valence-electron chi connectivity index (χ4n) is 13.6. The highest BCUT2D eigenvalue weighted by molar-refractivity contribution is 7.28. The molecule has 0 radical (unpaired) electrons. The Hall–Kier alpha value is -9.06. The molecular formula is C74H50N2S2. The molecule has 0 saturated carbocycles. The maximum absolute atomic E-state index is 2.41. The van der Waals surface area contributed by atoms with Crippen LogP contribution in [0, 0.1) is 0 Å². The van der Waals surface area contributed by atoms with Crippen molar-refractivity contribution in [2.45, 2.75) is 24.7 Å². The molecule has 0 spiro atoms. The Kier molecular flexibility index (Phi) is 9.97. The van der Waals surface area contributed by atoms with E-state index in [1.54, 1.807) is 0 Å². The van der Waals surface area contributed by atoms with Gasteiger partial charge in [-0.3, -0.25) is 0 Å². The van der Waals surface area contributed by atoms with Gasteiger partial charge in [0.25, 0.3) is 0 Å². The van der Waals surface area contributed by atoms with Crippen LogP contribution in [-0.4, -0.2) is 0 Å². The number of hydrogen-bond acceptors (Lipinski definition) is 4. The SMILES string of the molecule is CC1(c2ccc(N(c3ccccc3)c3ccc4c(c3)sc3c4ccc4c3ccc3c5ccc(N(c6ccccc6)c6ccc(C7(C)c8ccccc8-c8ccccc87)cc6)cc5sc34)cc2)c2ccccc2-c2ccccc21. The first kappa shape index (κ1) is 45.2. The summed E-state index contributed by atoms with van der Waals surface area (Å²) in [5.41, 5.74) is 19.6. The lowest BCUT2D eigenvalue weighted by Crippen LogP contribution is -2.22. The van der Waals surface area contributed by atoms with Gasteiger partial charge in [-0.15, -0.1) is 22.7 Å². The van der Waals surface area contributed by atoms with Crippen molar-refractivity contribution in [2.24, 2.45) is 0 Å². The molecule has 12 aromatic carbocycles. The molecule has 2 aromatic heterocycles. The van der Waals surface area contributed by atoms with Crippen molar-refractivity contribution in [3.8, 4) is 22.3 Å². The van der Waals surface area contributed by atoms with Crippen LogP contribution in [0.1, 0.15) is 47.2 Å². The largest absolute Gasteiger partial charge is 0.310 e. The van der Waals surface area contributed by atoms with Crippen LogP contribution in [0.5, 0.6) is 0 Å². The van der Waals surface area contributed by atoms with Gasteiger partial charge < -0.3 is 9.80 Å². The number of nitrogens with zero attached hydrogens (tertiary/aromatic N) is 2. The lowest BCUT2D eigenvalue weighted by Gasteiger charge is -2.30. The summed E-state index contributed by atoms with van der Waals surface area (Å²) >= 11 is 3.82. The average Bonchev–Trinajstić information content (AvgIpc) is 4.26. The lowest BCUT2D eigenvalue weighted by molar-refractivity contribution is 0.714. The van der Waals surface area contributed by atoms with Crippen molar-refractivity contribution in [3.05, 3.63) is 300 Å². The van der Waals surface area contributed by atoms with Crippen LogP contribution in [0.2, 0.25) is 0 Å². The van der Waals surface area contributed by atoms with E-state index in [9.17, 15) is 0 Å². The molecule has 16 rings (SSSR count). The van der Waals surface area contributed by atoms with Crippen molar-refractivity contribution in [1.29, 1.82) is 0 Å². The monoisotopic (exact) mass is 1030 g/mol. The third-order valence-electron chi connectivity index (χ3n) is 17.4.